The van der Waals surface area contributed by atoms with Crippen molar-refractivity contribution in [1.82, 2.24) is 20.2 Å². The highest BCUT2D eigenvalue weighted by Gasteiger charge is 2.18. The topological polar surface area (TPSA) is 99.9 Å². The van der Waals surface area contributed by atoms with Crippen LogP contribution in [0.1, 0.15) is 19.4 Å². The Hall–Kier alpha value is -4.02. The van der Waals surface area contributed by atoms with Gasteiger partial charge < -0.3 is 14.2 Å². The fourth-order valence-electron chi connectivity index (χ4n) is 3.67. The highest BCUT2D eigenvalue weighted by molar-refractivity contribution is 7.99. The van der Waals surface area contributed by atoms with Crippen LogP contribution in [0.2, 0.25) is 5.02 Å². The molecule has 4 rings (SSSR count). The molecule has 9 nitrogen and oxygen atoms in total. The van der Waals surface area contributed by atoms with E-state index >= 15 is 0 Å². The molecule has 39 heavy (non-hydrogen) atoms. The Morgan fingerprint density at radius 2 is 1.72 bits per heavy atom. The van der Waals surface area contributed by atoms with Crippen molar-refractivity contribution in [2.75, 3.05) is 26.6 Å². The first-order valence-electron chi connectivity index (χ1n) is 12.1. The van der Waals surface area contributed by atoms with Crippen molar-refractivity contribution in [2.24, 2.45) is 5.10 Å². The van der Waals surface area contributed by atoms with Gasteiger partial charge in [-0.3, -0.25) is 9.36 Å². The fourth-order valence-corrected chi connectivity index (χ4v) is 4.54. The van der Waals surface area contributed by atoms with Crippen LogP contribution in [-0.4, -0.2) is 53.0 Å². The van der Waals surface area contributed by atoms with Gasteiger partial charge in [0.05, 0.1) is 32.3 Å². The van der Waals surface area contributed by atoms with Gasteiger partial charge in [-0.1, -0.05) is 23.4 Å². The van der Waals surface area contributed by atoms with Crippen LogP contribution in [0.3, 0.4) is 0 Å². The zero-order chi connectivity index (χ0) is 27.8. The lowest BCUT2D eigenvalue weighted by Crippen LogP contribution is -2.21. The number of ether oxygens (including phenoxy) is 3. The minimum atomic E-state index is -0.283. The number of nitrogens with one attached hydrogen (secondary N) is 1. The van der Waals surface area contributed by atoms with Gasteiger partial charge in [-0.05, 0) is 80.6 Å². The minimum Gasteiger partial charge on any atom is -0.494 e. The number of nitrogens with zero attached hydrogens (tertiary/aromatic N) is 4. The third kappa shape index (κ3) is 6.90. The summed E-state index contributed by atoms with van der Waals surface area (Å²) >= 11 is 7.34. The molecular weight excluding hydrogens is 538 g/mol. The van der Waals surface area contributed by atoms with E-state index in [0.717, 1.165) is 22.6 Å². The predicted molar refractivity (Wildman–Crippen MR) is 154 cm³/mol. The van der Waals surface area contributed by atoms with Gasteiger partial charge in [-0.25, -0.2) is 5.43 Å². The predicted octanol–water partition coefficient (Wildman–Crippen LogP) is 5.64. The van der Waals surface area contributed by atoms with Crippen LogP contribution in [0.25, 0.3) is 17.1 Å². The first-order valence-corrected chi connectivity index (χ1v) is 13.4. The monoisotopic (exact) mass is 565 g/mol. The molecule has 1 amide bonds. The van der Waals surface area contributed by atoms with E-state index < -0.39 is 0 Å². The molecule has 4 aromatic rings. The third-order valence-electron chi connectivity index (χ3n) is 5.62. The maximum atomic E-state index is 12.7. The fraction of sp³-hybridized carbons (Fsp3) is 0.214. The number of hydrazone groups is 1. The molecule has 0 fully saturated rings. The molecule has 1 aromatic heterocycles. The summed E-state index contributed by atoms with van der Waals surface area (Å²) in [5, 5.41) is 14.2. The van der Waals surface area contributed by atoms with Gasteiger partial charge in [-0.2, -0.15) is 5.10 Å². The zero-order valence-corrected chi connectivity index (χ0v) is 23.5. The second kappa shape index (κ2) is 13.2. The van der Waals surface area contributed by atoms with Crippen molar-refractivity contribution < 1.29 is 19.0 Å². The van der Waals surface area contributed by atoms with E-state index in [4.69, 9.17) is 25.8 Å². The molecule has 1 heterocycles. The van der Waals surface area contributed by atoms with Crippen LogP contribution in [0.15, 0.2) is 77.0 Å². The number of halogens is 1. The summed E-state index contributed by atoms with van der Waals surface area (Å²) in [5.41, 5.74) is 5.70. The van der Waals surface area contributed by atoms with Gasteiger partial charge >= 0.3 is 0 Å². The van der Waals surface area contributed by atoms with Crippen molar-refractivity contribution in [1.29, 1.82) is 0 Å². The maximum Gasteiger partial charge on any atom is 0.250 e. The lowest BCUT2D eigenvalue weighted by molar-refractivity contribution is -0.118. The van der Waals surface area contributed by atoms with E-state index in [1.165, 1.54) is 11.8 Å². The number of rotatable bonds is 11. The first kappa shape index (κ1) is 28.0. The van der Waals surface area contributed by atoms with Crippen LogP contribution in [0.4, 0.5) is 0 Å². The zero-order valence-electron chi connectivity index (χ0n) is 22.0. The second-order valence-electron chi connectivity index (χ2n) is 8.17. The Morgan fingerprint density at radius 3 is 2.38 bits per heavy atom. The molecule has 0 unspecified atom stereocenters. The number of carbonyl (C=O) groups excluding carboxylic acids is 1. The summed E-state index contributed by atoms with van der Waals surface area (Å²) in [7, 11) is 3.14. The van der Waals surface area contributed by atoms with Gasteiger partial charge in [0.25, 0.3) is 5.91 Å². The summed E-state index contributed by atoms with van der Waals surface area (Å²) < 4.78 is 18.1. The average molecular weight is 566 g/mol. The molecule has 0 aliphatic heterocycles. The molecule has 0 aliphatic rings. The first-order chi connectivity index (χ1) is 18.9. The minimum absolute atomic E-state index is 0.0818. The van der Waals surface area contributed by atoms with Gasteiger partial charge in [0.15, 0.2) is 22.5 Å². The van der Waals surface area contributed by atoms with Crippen molar-refractivity contribution in [3.8, 4) is 34.3 Å². The highest BCUT2D eigenvalue weighted by Crippen LogP contribution is 2.30. The van der Waals surface area contributed by atoms with Gasteiger partial charge in [0.2, 0.25) is 0 Å². The number of hydrogen-bond donors (Lipinski definition) is 1. The molecule has 0 saturated carbocycles. The second-order valence-corrected chi connectivity index (χ2v) is 9.54. The van der Waals surface area contributed by atoms with Crippen LogP contribution in [0, 0.1) is 0 Å². The molecule has 0 spiro atoms. The summed E-state index contributed by atoms with van der Waals surface area (Å²) in [6.07, 6.45) is 0. The number of thioether (sulfide) groups is 1. The molecule has 0 radical (unpaired) electrons. The number of aromatic nitrogens is 3. The summed E-state index contributed by atoms with van der Waals surface area (Å²) in [6, 6.07) is 20.4. The van der Waals surface area contributed by atoms with Crippen LogP contribution >= 0.6 is 23.4 Å². The molecular formula is C28H28ClN5O4S. The van der Waals surface area contributed by atoms with Gasteiger partial charge in [0, 0.05) is 21.8 Å². The van der Waals surface area contributed by atoms with Crippen LogP contribution in [0.5, 0.6) is 17.2 Å². The molecule has 0 saturated heterocycles. The van der Waals surface area contributed by atoms with E-state index in [-0.39, 0.29) is 11.7 Å². The van der Waals surface area contributed by atoms with Gasteiger partial charge in [0.1, 0.15) is 5.75 Å². The Balaban J connectivity index is 1.52. The lowest BCUT2D eigenvalue weighted by Gasteiger charge is -2.11. The van der Waals surface area contributed by atoms with Crippen molar-refractivity contribution >= 4 is 35.0 Å². The molecule has 3 aromatic carbocycles. The number of amides is 1. The molecule has 202 valence electrons. The van der Waals surface area contributed by atoms with E-state index in [1.54, 1.807) is 45.4 Å². The van der Waals surface area contributed by atoms with E-state index in [2.05, 4.69) is 20.7 Å². The number of carbonyl (C=O) groups is 1. The summed E-state index contributed by atoms with van der Waals surface area (Å²) in [5.74, 6) is 2.38. The standard InChI is InChI=1S/C28H28ClN5O4S/c1-5-38-23-13-11-22(12-14-23)34-27(19-6-9-21(29)10-7-19)32-33-28(34)39-17-26(35)31-30-18(2)20-8-15-24(36-3)25(16-20)37-4/h6-16H,5,17H2,1-4H3,(H,31,35)/b30-18+. The Bertz CT molecular complexity index is 1460. The smallest absolute Gasteiger partial charge is 0.250 e. The molecule has 0 atom stereocenters. The maximum absolute atomic E-state index is 12.7. The third-order valence-corrected chi connectivity index (χ3v) is 6.80. The Morgan fingerprint density at radius 1 is 1.00 bits per heavy atom. The Kier molecular flexibility index (Phi) is 9.45. The highest BCUT2D eigenvalue weighted by atomic mass is 35.5. The Labute approximate surface area is 236 Å². The van der Waals surface area contributed by atoms with E-state index in [0.29, 0.717) is 39.8 Å². The van der Waals surface area contributed by atoms with Crippen molar-refractivity contribution in [3.63, 3.8) is 0 Å². The molecule has 0 aliphatic carbocycles. The van der Waals surface area contributed by atoms with Crippen molar-refractivity contribution in [2.45, 2.75) is 19.0 Å². The number of hydrogen-bond acceptors (Lipinski definition) is 8. The van der Waals surface area contributed by atoms with E-state index in [9.17, 15) is 4.79 Å². The lowest BCUT2D eigenvalue weighted by atomic mass is 10.1. The van der Waals surface area contributed by atoms with E-state index in [1.807, 2.05) is 54.0 Å². The van der Waals surface area contributed by atoms with Gasteiger partial charge in [-0.15, -0.1) is 10.2 Å². The molecule has 1 N–H and O–H groups in total. The van der Waals surface area contributed by atoms with Crippen molar-refractivity contribution in [3.05, 3.63) is 77.3 Å². The SMILES string of the molecule is CCOc1ccc(-n2c(SCC(=O)N/N=C(\C)c3ccc(OC)c(OC)c3)nnc2-c2ccc(Cl)cc2)cc1. The number of benzene rings is 3. The summed E-state index contributed by atoms with van der Waals surface area (Å²) in [6.45, 7) is 4.31. The largest absolute Gasteiger partial charge is 0.494 e. The van der Waals surface area contributed by atoms with Crippen LogP contribution in [-0.2, 0) is 4.79 Å². The molecule has 11 heteroatoms. The quantitative estimate of drug-likeness (QED) is 0.143. The number of methoxy groups -OCH3 is 2. The molecule has 0 bridgehead atoms. The average Bonchev–Trinajstić information content (AvgIpc) is 3.39. The normalized spacial score (nSPS) is 11.3. The summed E-state index contributed by atoms with van der Waals surface area (Å²) in [4.78, 5) is 12.7. The van der Waals surface area contributed by atoms with Crippen LogP contribution < -0.4 is 19.6 Å².